The average molecular weight is 344 g/mol. The number of hydrogen-bond acceptors (Lipinski definition) is 5. The quantitative estimate of drug-likeness (QED) is 0.754. The van der Waals surface area contributed by atoms with Gasteiger partial charge >= 0.3 is 5.97 Å². The Bertz CT molecular complexity index is 992. The van der Waals surface area contributed by atoms with Gasteiger partial charge in [0.25, 0.3) is 6.43 Å². The number of carboxylic acid groups (broad SMARTS) is 1. The predicted molar refractivity (Wildman–Crippen MR) is 81.4 cm³/mol. The first-order chi connectivity index (χ1) is 12.0. The molecule has 0 saturated carbocycles. The lowest BCUT2D eigenvalue weighted by atomic mass is 10.1. The van der Waals surface area contributed by atoms with Crippen LogP contribution in [0.3, 0.4) is 0 Å². The maximum absolute atomic E-state index is 12.7. The van der Waals surface area contributed by atoms with E-state index in [1.54, 1.807) is 6.07 Å². The van der Waals surface area contributed by atoms with E-state index in [0.717, 1.165) is 6.07 Å². The number of halogens is 2. The average Bonchev–Trinajstić information content (AvgIpc) is 3.01. The Labute approximate surface area is 139 Å². The first kappa shape index (κ1) is 16.4. The van der Waals surface area contributed by atoms with E-state index in [0.29, 0.717) is 5.52 Å². The van der Waals surface area contributed by atoms with Crippen LogP contribution in [-0.2, 0) is 6.61 Å². The number of aromatic nitrogens is 1. The van der Waals surface area contributed by atoms with Crippen molar-refractivity contribution < 1.29 is 27.8 Å². The second kappa shape index (κ2) is 6.57. The van der Waals surface area contributed by atoms with Crippen LogP contribution in [0.15, 0.2) is 40.8 Å². The van der Waals surface area contributed by atoms with Gasteiger partial charge in [-0.05, 0) is 36.4 Å². The van der Waals surface area contributed by atoms with Crippen molar-refractivity contribution in [1.82, 2.24) is 4.98 Å². The zero-order valence-corrected chi connectivity index (χ0v) is 12.6. The van der Waals surface area contributed by atoms with Gasteiger partial charge in [0.05, 0.1) is 11.1 Å². The number of carbonyl (C=O) groups is 1. The second-order valence-corrected chi connectivity index (χ2v) is 5.05. The Kier molecular flexibility index (Phi) is 4.31. The van der Waals surface area contributed by atoms with E-state index in [2.05, 4.69) is 4.98 Å². The molecule has 0 aliphatic rings. The monoisotopic (exact) mass is 344 g/mol. The van der Waals surface area contributed by atoms with E-state index in [4.69, 9.17) is 19.5 Å². The number of aromatic carboxylic acids is 1. The van der Waals surface area contributed by atoms with Crippen LogP contribution < -0.4 is 4.74 Å². The highest BCUT2D eigenvalue weighted by atomic mass is 19.3. The summed E-state index contributed by atoms with van der Waals surface area (Å²) in [7, 11) is 0. The van der Waals surface area contributed by atoms with Crippen molar-refractivity contribution in [2.24, 2.45) is 0 Å². The Morgan fingerprint density at radius 1 is 1.32 bits per heavy atom. The third kappa shape index (κ3) is 3.40. The van der Waals surface area contributed by atoms with E-state index >= 15 is 0 Å². The normalized spacial score (nSPS) is 10.8. The molecule has 1 heterocycles. The number of oxazole rings is 1. The van der Waals surface area contributed by atoms with Crippen LogP contribution in [0.1, 0.15) is 33.8 Å². The highest BCUT2D eigenvalue weighted by Gasteiger charge is 2.14. The summed E-state index contributed by atoms with van der Waals surface area (Å²) in [6.07, 6.45) is -2.68. The molecule has 0 aliphatic carbocycles. The van der Waals surface area contributed by atoms with Crippen LogP contribution >= 0.6 is 0 Å². The molecule has 0 fully saturated rings. The summed E-state index contributed by atoms with van der Waals surface area (Å²) in [4.78, 5) is 15.1. The molecule has 0 unspecified atom stereocenters. The van der Waals surface area contributed by atoms with E-state index in [1.165, 1.54) is 30.3 Å². The third-order valence-electron chi connectivity index (χ3n) is 3.41. The van der Waals surface area contributed by atoms with E-state index < -0.39 is 12.4 Å². The molecular weight excluding hydrogens is 334 g/mol. The SMILES string of the molecule is N#Cc1cc(C(F)F)ccc1OCc1nc2ccc(C(=O)O)cc2o1. The lowest BCUT2D eigenvalue weighted by molar-refractivity contribution is 0.0697. The van der Waals surface area contributed by atoms with Crippen molar-refractivity contribution in [2.75, 3.05) is 0 Å². The maximum atomic E-state index is 12.7. The number of benzene rings is 2. The van der Waals surface area contributed by atoms with Gasteiger partial charge in [0.1, 0.15) is 17.3 Å². The minimum Gasteiger partial charge on any atom is -0.482 e. The fourth-order valence-electron chi connectivity index (χ4n) is 2.20. The van der Waals surface area contributed by atoms with E-state index in [-0.39, 0.29) is 40.5 Å². The highest BCUT2D eigenvalue weighted by molar-refractivity contribution is 5.91. The van der Waals surface area contributed by atoms with Gasteiger partial charge in [0.15, 0.2) is 12.2 Å². The lowest BCUT2D eigenvalue weighted by Gasteiger charge is -2.07. The number of hydrogen-bond donors (Lipinski definition) is 1. The summed E-state index contributed by atoms with van der Waals surface area (Å²) in [6.45, 7) is -0.139. The molecule has 0 amide bonds. The van der Waals surface area contributed by atoms with Gasteiger partial charge < -0.3 is 14.3 Å². The molecule has 6 nitrogen and oxygen atoms in total. The smallest absolute Gasteiger partial charge is 0.335 e. The molecule has 0 saturated heterocycles. The molecular formula is C17H10F2N2O4. The summed E-state index contributed by atoms with van der Waals surface area (Å²) < 4.78 is 36.1. The van der Waals surface area contributed by atoms with Crippen molar-refractivity contribution in [3.63, 3.8) is 0 Å². The van der Waals surface area contributed by atoms with Gasteiger partial charge in [0, 0.05) is 5.56 Å². The minimum atomic E-state index is -2.68. The van der Waals surface area contributed by atoms with Gasteiger partial charge in [-0.1, -0.05) is 0 Å². The van der Waals surface area contributed by atoms with E-state index in [1.807, 2.05) is 0 Å². The zero-order chi connectivity index (χ0) is 18.0. The third-order valence-corrected chi connectivity index (χ3v) is 3.41. The molecule has 0 bridgehead atoms. The number of carboxylic acids is 1. The Balaban J connectivity index is 1.81. The molecule has 1 N–H and O–H groups in total. The number of fused-ring (bicyclic) bond motifs is 1. The van der Waals surface area contributed by atoms with Crippen molar-refractivity contribution in [2.45, 2.75) is 13.0 Å². The Morgan fingerprint density at radius 3 is 2.80 bits per heavy atom. The molecule has 0 spiro atoms. The summed E-state index contributed by atoms with van der Waals surface area (Å²) in [6, 6.07) is 9.56. The topological polar surface area (TPSA) is 96.3 Å². The number of alkyl halides is 2. The molecule has 8 heteroatoms. The fourth-order valence-corrected chi connectivity index (χ4v) is 2.20. The number of nitriles is 1. The summed E-state index contributed by atoms with van der Waals surface area (Å²) >= 11 is 0. The van der Waals surface area contributed by atoms with Gasteiger partial charge in [-0.25, -0.2) is 18.6 Å². The summed E-state index contributed by atoms with van der Waals surface area (Å²) in [5, 5.41) is 18.0. The number of nitrogens with zero attached hydrogens (tertiary/aromatic N) is 2. The summed E-state index contributed by atoms with van der Waals surface area (Å²) in [5.74, 6) is -0.798. The first-order valence-electron chi connectivity index (χ1n) is 7.05. The number of ether oxygens (including phenoxy) is 1. The van der Waals surface area contributed by atoms with Crippen molar-refractivity contribution in [1.29, 1.82) is 5.26 Å². The van der Waals surface area contributed by atoms with Crippen LogP contribution in [0, 0.1) is 11.3 Å². The van der Waals surface area contributed by atoms with Crippen LogP contribution in [0.2, 0.25) is 0 Å². The minimum absolute atomic E-state index is 0.0259. The lowest BCUT2D eigenvalue weighted by Crippen LogP contribution is -1.98. The number of rotatable bonds is 5. The molecule has 25 heavy (non-hydrogen) atoms. The zero-order valence-electron chi connectivity index (χ0n) is 12.6. The molecule has 3 rings (SSSR count). The first-order valence-corrected chi connectivity index (χ1v) is 7.05. The Morgan fingerprint density at radius 2 is 2.12 bits per heavy atom. The second-order valence-electron chi connectivity index (χ2n) is 5.05. The van der Waals surface area contributed by atoms with E-state index in [9.17, 15) is 13.6 Å². The Hall–Kier alpha value is -3.47. The van der Waals surface area contributed by atoms with Crippen molar-refractivity contribution >= 4 is 17.1 Å². The van der Waals surface area contributed by atoms with Crippen LogP contribution in [0.25, 0.3) is 11.1 Å². The molecule has 0 atom stereocenters. The fraction of sp³-hybridized carbons (Fsp3) is 0.118. The van der Waals surface area contributed by atoms with Crippen LogP contribution in [0.4, 0.5) is 8.78 Å². The van der Waals surface area contributed by atoms with Gasteiger partial charge in [0.2, 0.25) is 5.89 Å². The standard InChI is InChI=1S/C17H10F2N2O4/c18-16(19)9-2-4-13(11(5-9)7-20)24-8-15-21-12-3-1-10(17(22)23)6-14(12)25-15/h1-6,16H,8H2,(H,22,23). The molecule has 3 aromatic rings. The van der Waals surface area contributed by atoms with Crippen LogP contribution in [-0.4, -0.2) is 16.1 Å². The molecule has 2 aromatic carbocycles. The van der Waals surface area contributed by atoms with Gasteiger partial charge in [-0.2, -0.15) is 5.26 Å². The van der Waals surface area contributed by atoms with Crippen molar-refractivity contribution in [3.8, 4) is 11.8 Å². The van der Waals surface area contributed by atoms with Crippen LogP contribution in [0.5, 0.6) is 5.75 Å². The van der Waals surface area contributed by atoms with Gasteiger partial charge in [-0.15, -0.1) is 0 Å². The van der Waals surface area contributed by atoms with Gasteiger partial charge in [-0.3, -0.25) is 0 Å². The summed E-state index contributed by atoms with van der Waals surface area (Å²) in [5.41, 5.74) is 0.503. The highest BCUT2D eigenvalue weighted by Crippen LogP contribution is 2.26. The largest absolute Gasteiger partial charge is 0.482 e. The van der Waals surface area contributed by atoms with Crippen molar-refractivity contribution in [3.05, 3.63) is 59.0 Å². The molecule has 0 radical (unpaired) electrons. The molecule has 0 aliphatic heterocycles. The maximum Gasteiger partial charge on any atom is 0.335 e. The molecule has 1 aromatic heterocycles. The molecule has 126 valence electrons. The predicted octanol–water partition coefficient (Wildman–Crippen LogP) is 3.91.